The quantitative estimate of drug-likeness (QED) is 0.448. The molecule has 7 heteroatoms. The SMILES string of the molecule is CCOC(=O)C1(C)CCCN1Cc1cccc(OCc2nc(-c3cccs3)oc2C)c1. The third-order valence-corrected chi connectivity index (χ3v) is 6.63. The van der Waals surface area contributed by atoms with Crippen molar-refractivity contribution < 1.29 is 18.7 Å². The molecule has 0 radical (unpaired) electrons. The van der Waals surface area contributed by atoms with Crippen LogP contribution in [0.2, 0.25) is 0 Å². The Labute approximate surface area is 186 Å². The van der Waals surface area contributed by atoms with Gasteiger partial charge in [-0.25, -0.2) is 4.98 Å². The summed E-state index contributed by atoms with van der Waals surface area (Å²) >= 11 is 1.60. The van der Waals surface area contributed by atoms with Crippen molar-refractivity contribution in [1.82, 2.24) is 9.88 Å². The Kier molecular flexibility index (Phi) is 6.43. The molecule has 1 aliphatic rings. The Morgan fingerprint density at radius 2 is 2.19 bits per heavy atom. The zero-order valence-corrected chi connectivity index (χ0v) is 19.0. The zero-order chi connectivity index (χ0) is 21.8. The van der Waals surface area contributed by atoms with Gasteiger partial charge in [0, 0.05) is 6.54 Å². The maximum Gasteiger partial charge on any atom is 0.326 e. The van der Waals surface area contributed by atoms with Crippen LogP contribution in [-0.4, -0.2) is 34.5 Å². The van der Waals surface area contributed by atoms with Gasteiger partial charge in [0.25, 0.3) is 0 Å². The van der Waals surface area contributed by atoms with E-state index in [1.807, 2.05) is 56.5 Å². The number of likely N-dealkylation sites (tertiary alicyclic amines) is 1. The highest BCUT2D eigenvalue weighted by molar-refractivity contribution is 7.13. The number of rotatable bonds is 8. The fraction of sp³-hybridized carbons (Fsp3) is 0.417. The standard InChI is InChI=1S/C24H28N2O4S/c1-4-28-23(27)24(3)11-7-12-26(24)15-18-8-5-9-19(14-18)29-16-20-17(2)30-22(25-20)21-10-6-13-31-21/h5-6,8-10,13-14H,4,7,11-12,15-16H2,1-3H3. The lowest BCUT2D eigenvalue weighted by Gasteiger charge is -2.32. The van der Waals surface area contributed by atoms with E-state index in [1.165, 1.54) is 0 Å². The van der Waals surface area contributed by atoms with Gasteiger partial charge in [0.05, 0.1) is 11.5 Å². The molecule has 6 nitrogen and oxygen atoms in total. The second kappa shape index (κ2) is 9.24. The van der Waals surface area contributed by atoms with Crippen molar-refractivity contribution in [1.29, 1.82) is 0 Å². The molecular formula is C24H28N2O4S. The van der Waals surface area contributed by atoms with Crippen LogP contribution in [0, 0.1) is 6.92 Å². The molecule has 0 aliphatic carbocycles. The fourth-order valence-electron chi connectivity index (χ4n) is 3.96. The summed E-state index contributed by atoms with van der Waals surface area (Å²) < 4.78 is 17.1. The van der Waals surface area contributed by atoms with Gasteiger partial charge in [-0.05, 0) is 69.3 Å². The van der Waals surface area contributed by atoms with Crippen molar-refractivity contribution in [2.75, 3.05) is 13.2 Å². The fourth-order valence-corrected chi connectivity index (χ4v) is 4.61. The average molecular weight is 441 g/mol. The highest BCUT2D eigenvalue weighted by atomic mass is 32.1. The van der Waals surface area contributed by atoms with Crippen molar-refractivity contribution in [3.05, 3.63) is 58.8 Å². The number of carbonyl (C=O) groups is 1. The predicted octanol–water partition coefficient (Wildman–Crippen LogP) is 5.21. The lowest BCUT2D eigenvalue weighted by molar-refractivity contribution is -0.155. The number of benzene rings is 1. The Balaban J connectivity index is 1.42. The molecule has 1 fully saturated rings. The first-order valence-corrected chi connectivity index (χ1v) is 11.5. The summed E-state index contributed by atoms with van der Waals surface area (Å²) in [7, 11) is 0. The number of thiophene rings is 1. The molecule has 1 atom stereocenters. The Hall–Kier alpha value is -2.64. The first kappa shape index (κ1) is 21.6. The minimum atomic E-state index is -0.567. The molecule has 0 bridgehead atoms. The number of oxazole rings is 1. The Morgan fingerprint density at radius 3 is 2.97 bits per heavy atom. The van der Waals surface area contributed by atoms with Crippen LogP contribution >= 0.6 is 11.3 Å². The molecule has 1 unspecified atom stereocenters. The van der Waals surface area contributed by atoms with E-state index in [2.05, 4.69) is 16.0 Å². The molecule has 31 heavy (non-hydrogen) atoms. The molecule has 4 rings (SSSR count). The highest BCUT2D eigenvalue weighted by Crippen LogP contribution is 2.32. The van der Waals surface area contributed by atoms with Gasteiger partial charge in [0.2, 0.25) is 5.89 Å². The largest absolute Gasteiger partial charge is 0.487 e. The van der Waals surface area contributed by atoms with Crippen LogP contribution in [0.3, 0.4) is 0 Å². The molecule has 1 aliphatic heterocycles. The van der Waals surface area contributed by atoms with E-state index in [1.54, 1.807) is 11.3 Å². The van der Waals surface area contributed by atoms with Gasteiger partial charge in [0.15, 0.2) is 0 Å². The summed E-state index contributed by atoms with van der Waals surface area (Å²) in [5, 5.41) is 2.00. The summed E-state index contributed by atoms with van der Waals surface area (Å²) in [5.74, 6) is 2.03. The molecule has 2 aromatic heterocycles. The molecule has 0 spiro atoms. The van der Waals surface area contributed by atoms with E-state index < -0.39 is 5.54 Å². The van der Waals surface area contributed by atoms with Crippen LogP contribution in [0.1, 0.15) is 43.7 Å². The van der Waals surface area contributed by atoms with Gasteiger partial charge in [-0.15, -0.1) is 11.3 Å². The van der Waals surface area contributed by atoms with Crippen LogP contribution in [-0.2, 0) is 22.7 Å². The number of hydrogen-bond acceptors (Lipinski definition) is 7. The predicted molar refractivity (Wildman–Crippen MR) is 120 cm³/mol. The summed E-state index contributed by atoms with van der Waals surface area (Å²) in [5.41, 5.74) is 1.33. The van der Waals surface area contributed by atoms with E-state index in [0.717, 1.165) is 47.0 Å². The van der Waals surface area contributed by atoms with Crippen molar-refractivity contribution in [3.8, 4) is 16.5 Å². The van der Waals surface area contributed by atoms with Crippen molar-refractivity contribution in [2.45, 2.75) is 52.3 Å². The molecule has 0 saturated carbocycles. The number of aromatic nitrogens is 1. The van der Waals surface area contributed by atoms with Gasteiger partial charge < -0.3 is 13.9 Å². The third-order valence-electron chi connectivity index (χ3n) is 5.78. The lowest BCUT2D eigenvalue weighted by atomic mass is 9.98. The van der Waals surface area contributed by atoms with Crippen LogP contribution in [0.4, 0.5) is 0 Å². The van der Waals surface area contributed by atoms with E-state index in [4.69, 9.17) is 13.9 Å². The molecule has 164 valence electrons. The van der Waals surface area contributed by atoms with Gasteiger partial charge in [-0.2, -0.15) is 0 Å². The Bertz CT molecular complexity index is 1030. The second-order valence-electron chi connectivity index (χ2n) is 7.95. The van der Waals surface area contributed by atoms with Crippen LogP contribution in [0.5, 0.6) is 5.75 Å². The number of ether oxygens (including phenoxy) is 2. The molecule has 0 amide bonds. The topological polar surface area (TPSA) is 64.8 Å². The van der Waals surface area contributed by atoms with Crippen LogP contribution < -0.4 is 4.74 Å². The molecule has 3 heterocycles. The smallest absolute Gasteiger partial charge is 0.326 e. The average Bonchev–Trinajstić information content (AvgIpc) is 3.49. The van der Waals surface area contributed by atoms with E-state index in [0.29, 0.717) is 25.6 Å². The molecule has 3 aromatic rings. The summed E-state index contributed by atoms with van der Waals surface area (Å²) in [6.07, 6.45) is 1.81. The van der Waals surface area contributed by atoms with Gasteiger partial charge in [-0.1, -0.05) is 18.2 Å². The van der Waals surface area contributed by atoms with Crippen molar-refractivity contribution in [3.63, 3.8) is 0 Å². The lowest BCUT2D eigenvalue weighted by Crippen LogP contribution is -2.48. The normalized spacial score (nSPS) is 18.9. The molecule has 1 aromatic carbocycles. The Morgan fingerprint density at radius 1 is 1.32 bits per heavy atom. The first-order chi connectivity index (χ1) is 15.0. The minimum absolute atomic E-state index is 0.136. The molecular weight excluding hydrogens is 412 g/mol. The molecule has 1 saturated heterocycles. The van der Waals surface area contributed by atoms with Crippen LogP contribution in [0.15, 0.2) is 46.2 Å². The maximum absolute atomic E-state index is 12.5. The van der Waals surface area contributed by atoms with Crippen LogP contribution in [0.25, 0.3) is 10.8 Å². The number of esters is 1. The second-order valence-corrected chi connectivity index (χ2v) is 8.90. The summed E-state index contributed by atoms with van der Waals surface area (Å²) in [4.78, 5) is 20.3. The minimum Gasteiger partial charge on any atom is -0.487 e. The summed E-state index contributed by atoms with van der Waals surface area (Å²) in [6, 6.07) is 12.0. The van der Waals surface area contributed by atoms with Gasteiger partial charge in [0.1, 0.15) is 29.3 Å². The number of nitrogens with zero attached hydrogens (tertiary/aromatic N) is 2. The van der Waals surface area contributed by atoms with Gasteiger partial charge >= 0.3 is 5.97 Å². The van der Waals surface area contributed by atoms with Crippen molar-refractivity contribution in [2.24, 2.45) is 0 Å². The molecule has 0 N–H and O–H groups in total. The van der Waals surface area contributed by atoms with Crippen molar-refractivity contribution >= 4 is 17.3 Å². The third kappa shape index (κ3) is 4.67. The zero-order valence-electron chi connectivity index (χ0n) is 18.2. The van der Waals surface area contributed by atoms with E-state index >= 15 is 0 Å². The number of carbonyl (C=O) groups excluding carboxylic acids is 1. The monoisotopic (exact) mass is 440 g/mol. The number of hydrogen-bond donors (Lipinski definition) is 0. The highest BCUT2D eigenvalue weighted by Gasteiger charge is 2.44. The first-order valence-electron chi connectivity index (χ1n) is 10.6. The van der Waals surface area contributed by atoms with Gasteiger partial charge in [-0.3, -0.25) is 9.69 Å². The van der Waals surface area contributed by atoms with E-state index in [9.17, 15) is 4.79 Å². The number of aryl methyl sites for hydroxylation is 1. The maximum atomic E-state index is 12.5. The summed E-state index contributed by atoms with van der Waals surface area (Å²) in [6.45, 7) is 8.04. The van der Waals surface area contributed by atoms with E-state index in [-0.39, 0.29) is 5.97 Å².